The molecule has 1 aromatic carbocycles. The van der Waals surface area contributed by atoms with Crippen LogP contribution in [0.3, 0.4) is 0 Å². The highest BCUT2D eigenvalue weighted by Gasteiger charge is 2.30. The van der Waals surface area contributed by atoms with Gasteiger partial charge in [-0.1, -0.05) is 12.1 Å². The Morgan fingerprint density at radius 1 is 1.06 bits per heavy atom. The van der Waals surface area contributed by atoms with Crippen molar-refractivity contribution in [3.8, 4) is 5.75 Å². The molecule has 0 aliphatic carbocycles. The molecule has 1 aromatic heterocycles. The second kappa shape index (κ2) is 10.3. The topological polar surface area (TPSA) is 74.8 Å². The number of hydrogen-bond donors (Lipinski definition) is 1. The molecule has 1 fully saturated rings. The van der Waals surface area contributed by atoms with Crippen molar-refractivity contribution in [3.05, 3.63) is 59.9 Å². The van der Waals surface area contributed by atoms with E-state index in [0.717, 1.165) is 12.1 Å². The van der Waals surface area contributed by atoms with E-state index < -0.39 is 11.7 Å². The third-order valence-electron chi connectivity index (χ3n) is 4.77. The molecular weight excluding hydrogens is 413 g/mol. The summed E-state index contributed by atoms with van der Waals surface area (Å²) in [5.41, 5.74) is -0.385. The number of hydrogen-bond acceptors (Lipinski definition) is 5. The fourth-order valence-corrected chi connectivity index (χ4v) is 3.14. The summed E-state index contributed by atoms with van der Waals surface area (Å²) in [5, 5.41) is 2.69. The lowest BCUT2D eigenvalue weighted by molar-refractivity contribution is -0.137. The van der Waals surface area contributed by atoms with E-state index in [9.17, 15) is 22.8 Å². The second-order valence-corrected chi connectivity index (χ2v) is 7.01. The molecule has 0 spiro atoms. The van der Waals surface area contributed by atoms with E-state index in [-0.39, 0.29) is 37.3 Å². The molecule has 1 aliphatic rings. The van der Waals surface area contributed by atoms with Crippen LogP contribution in [-0.4, -0.2) is 72.5 Å². The van der Waals surface area contributed by atoms with Gasteiger partial charge in [-0.05, 0) is 30.3 Å². The first-order valence-corrected chi connectivity index (χ1v) is 9.82. The highest BCUT2D eigenvalue weighted by molar-refractivity contribution is 5.92. The maximum atomic E-state index is 12.7. The van der Waals surface area contributed by atoms with Crippen LogP contribution in [0.15, 0.2) is 48.7 Å². The van der Waals surface area contributed by atoms with Crippen molar-refractivity contribution < 1.29 is 27.5 Å². The van der Waals surface area contributed by atoms with Crippen molar-refractivity contribution in [1.82, 2.24) is 20.1 Å². The number of alkyl halides is 3. The summed E-state index contributed by atoms with van der Waals surface area (Å²) in [6, 6.07) is 9.78. The number of carbonyl (C=O) groups is 2. The van der Waals surface area contributed by atoms with Crippen LogP contribution in [0.5, 0.6) is 5.75 Å². The first-order chi connectivity index (χ1) is 14.8. The number of nitrogens with one attached hydrogen (secondary N) is 1. The fraction of sp³-hybridized carbons (Fsp3) is 0.381. The average molecular weight is 436 g/mol. The van der Waals surface area contributed by atoms with Gasteiger partial charge >= 0.3 is 6.18 Å². The minimum absolute atomic E-state index is 0.0550. The zero-order valence-electron chi connectivity index (χ0n) is 16.8. The lowest BCUT2D eigenvalue weighted by atomic mass is 10.2. The van der Waals surface area contributed by atoms with E-state index in [1.165, 1.54) is 12.1 Å². The molecule has 0 unspecified atom stereocenters. The Labute approximate surface area is 177 Å². The first kappa shape index (κ1) is 22.5. The number of piperazine rings is 1. The summed E-state index contributed by atoms with van der Waals surface area (Å²) in [4.78, 5) is 32.2. The van der Waals surface area contributed by atoms with Gasteiger partial charge in [-0.25, -0.2) is 0 Å². The molecule has 2 aromatic rings. The predicted octanol–water partition coefficient (Wildman–Crippen LogP) is 2.05. The largest absolute Gasteiger partial charge is 0.492 e. The van der Waals surface area contributed by atoms with Crippen molar-refractivity contribution in [2.45, 2.75) is 6.18 Å². The Morgan fingerprint density at radius 3 is 2.52 bits per heavy atom. The molecule has 0 radical (unpaired) electrons. The van der Waals surface area contributed by atoms with E-state index in [0.29, 0.717) is 31.9 Å². The van der Waals surface area contributed by atoms with E-state index in [1.54, 1.807) is 29.3 Å². The molecule has 0 bridgehead atoms. The maximum absolute atomic E-state index is 12.7. The third kappa shape index (κ3) is 6.68. The number of halogens is 3. The van der Waals surface area contributed by atoms with Crippen LogP contribution in [0.4, 0.5) is 13.2 Å². The van der Waals surface area contributed by atoms with Gasteiger partial charge in [-0.3, -0.25) is 19.5 Å². The van der Waals surface area contributed by atoms with Gasteiger partial charge in [-0.2, -0.15) is 13.2 Å². The smallest absolute Gasteiger partial charge is 0.416 e. The van der Waals surface area contributed by atoms with Gasteiger partial charge in [-0.15, -0.1) is 0 Å². The average Bonchev–Trinajstić information content (AvgIpc) is 2.77. The van der Waals surface area contributed by atoms with E-state index in [1.807, 2.05) is 4.90 Å². The van der Waals surface area contributed by atoms with Gasteiger partial charge in [0.05, 0.1) is 18.7 Å². The zero-order chi connectivity index (χ0) is 22.3. The molecule has 1 N–H and O–H groups in total. The van der Waals surface area contributed by atoms with E-state index in [2.05, 4.69) is 10.3 Å². The first-order valence-electron chi connectivity index (χ1n) is 9.82. The van der Waals surface area contributed by atoms with Gasteiger partial charge < -0.3 is 15.0 Å². The summed E-state index contributed by atoms with van der Waals surface area (Å²) < 4.78 is 43.4. The quantitative estimate of drug-likeness (QED) is 0.673. The molecule has 2 heterocycles. The molecule has 1 aliphatic heterocycles. The Morgan fingerprint density at radius 2 is 1.84 bits per heavy atom. The molecule has 0 atom stereocenters. The van der Waals surface area contributed by atoms with Gasteiger partial charge in [0.25, 0.3) is 5.91 Å². The summed E-state index contributed by atoms with van der Waals surface area (Å²) in [6.45, 7) is 2.53. The Balaban J connectivity index is 1.34. The van der Waals surface area contributed by atoms with Crippen molar-refractivity contribution in [1.29, 1.82) is 0 Å². The number of pyridine rings is 1. The Kier molecular flexibility index (Phi) is 7.45. The Hall–Kier alpha value is -3.14. The number of nitrogens with zero attached hydrogens (tertiary/aromatic N) is 3. The molecule has 7 nitrogen and oxygen atoms in total. The molecule has 10 heteroatoms. The predicted molar refractivity (Wildman–Crippen MR) is 107 cm³/mol. The number of carbonyl (C=O) groups excluding carboxylic acids is 2. The molecule has 31 heavy (non-hydrogen) atoms. The lowest BCUT2D eigenvalue weighted by Crippen LogP contribution is -2.51. The monoisotopic (exact) mass is 436 g/mol. The molecule has 166 valence electrons. The van der Waals surface area contributed by atoms with Crippen LogP contribution < -0.4 is 10.1 Å². The lowest BCUT2D eigenvalue weighted by Gasteiger charge is -2.34. The summed E-state index contributed by atoms with van der Waals surface area (Å²) in [7, 11) is 0. The minimum atomic E-state index is -4.43. The fourth-order valence-electron chi connectivity index (χ4n) is 3.14. The Bertz CT molecular complexity index is 885. The van der Waals surface area contributed by atoms with Crippen molar-refractivity contribution in [2.24, 2.45) is 0 Å². The van der Waals surface area contributed by atoms with Crippen molar-refractivity contribution in [3.63, 3.8) is 0 Å². The SMILES string of the molecule is O=C(CN1CCN(C(=O)c2ccccn2)CC1)NCCOc1cccc(C(F)(F)F)c1. The summed E-state index contributed by atoms with van der Waals surface area (Å²) in [5.74, 6) is -0.244. The van der Waals surface area contributed by atoms with Crippen LogP contribution in [0.25, 0.3) is 0 Å². The van der Waals surface area contributed by atoms with Crippen LogP contribution in [0.1, 0.15) is 16.1 Å². The molecule has 2 amide bonds. The molecule has 0 saturated carbocycles. The number of benzene rings is 1. The molecule has 3 rings (SSSR count). The van der Waals surface area contributed by atoms with Gasteiger partial charge in [0, 0.05) is 32.4 Å². The van der Waals surface area contributed by atoms with Gasteiger partial charge in [0.15, 0.2) is 0 Å². The minimum Gasteiger partial charge on any atom is -0.492 e. The zero-order valence-corrected chi connectivity index (χ0v) is 16.8. The number of rotatable bonds is 7. The summed E-state index contributed by atoms with van der Waals surface area (Å²) in [6.07, 6.45) is -2.86. The maximum Gasteiger partial charge on any atom is 0.416 e. The highest BCUT2D eigenvalue weighted by Crippen LogP contribution is 2.31. The van der Waals surface area contributed by atoms with Crippen LogP contribution in [0.2, 0.25) is 0 Å². The van der Waals surface area contributed by atoms with E-state index in [4.69, 9.17) is 4.74 Å². The second-order valence-electron chi connectivity index (χ2n) is 7.01. The third-order valence-corrected chi connectivity index (χ3v) is 4.77. The normalized spacial score (nSPS) is 14.9. The summed E-state index contributed by atoms with van der Waals surface area (Å²) >= 11 is 0. The van der Waals surface area contributed by atoms with Crippen molar-refractivity contribution >= 4 is 11.8 Å². The van der Waals surface area contributed by atoms with E-state index >= 15 is 0 Å². The van der Waals surface area contributed by atoms with Gasteiger partial charge in [0.2, 0.25) is 5.91 Å². The van der Waals surface area contributed by atoms with Crippen LogP contribution in [-0.2, 0) is 11.0 Å². The van der Waals surface area contributed by atoms with Gasteiger partial charge in [0.1, 0.15) is 18.1 Å². The molecular formula is C21H23F3N4O3. The highest BCUT2D eigenvalue weighted by atomic mass is 19.4. The number of ether oxygens (including phenoxy) is 1. The van der Waals surface area contributed by atoms with Crippen molar-refractivity contribution in [2.75, 3.05) is 45.9 Å². The van der Waals surface area contributed by atoms with Crippen LogP contribution >= 0.6 is 0 Å². The standard InChI is InChI=1S/C21H23F3N4O3/c22-21(23,24)16-4-3-5-17(14-16)31-13-8-26-19(29)15-27-9-11-28(12-10-27)20(30)18-6-1-2-7-25-18/h1-7,14H,8-13,15H2,(H,26,29). The number of amides is 2. The van der Waals surface area contributed by atoms with Crippen LogP contribution in [0, 0.1) is 0 Å². The molecule has 1 saturated heterocycles. The number of aromatic nitrogens is 1.